The fourth-order valence-corrected chi connectivity index (χ4v) is 2.00. The van der Waals surface area contributed by atoms with E-state index in [-0.39, 0.29) is 18.4 Å². The molecule has 2 N–H and O–H groups in total. The zero-order valence-corrected chi connectivity index (χ0v) is 11.4. The van der Waals surface area contributed by atoms with Crippen LogP contribution in [-0.2, 0) is 9.59 Å². The topological polar surface area (TPSA) is 118 Å². The van der Waals surface area contributed by atoms with Crippen molar-refractivity contribution in [3.8, 4) is 0 Å². The lowest BCUT2D eigenvalue weighted by Gasteiger charge is -2.10. The Morgan fingerprint density at radius 1 is 1.20 bits per heavy atom. The lowest BCUT2D eigenvalue weighted by Crippen LogP contribution is -2.24. The molecule has 0 aliphatic carbocycles. The van der Waals surface area contributed by atoms with Gasteiger partial charge in [-0.25, -0.2) is 0 Å². The molecule has 0 amide bonds. The number of nitrogens with zero attached hydrogens (tertiary/aromatic N) is 1. The summed E-state index contributed by atoms with van der Waals surface area (Å²) in [6, 6.07) is 0. The van der Waals surface area contributed by atoms with Gasteiger partial charge >= 0.3 is 11.9 Å². The number of rotatable bonds is 8. The van der Waals surface area contributed by atoms with Gasteiger partial charge in [0, 0.05) is 6.42 Å². The van der Waals surface area contributed by atoms with E-state index >= 15 is 0 Å². The molecule has 0 saturated heterocycles. The fraction of sp³-hybridized carbons (Fsp3) is 0.538. The number of aryl methyl sites for hydroxylation is 2. The molecule has 0 radical (unpaired) electrons. The highest BCUT2D eigenvalue weighted by atomic mass is 16.5. The van der Waals surface area contributed by atoms with E-state index in [9.17, 15) is 14.4 Å². The van der Waals surface area contributed by atoms with Gasteiger partial charge in [-0.3, -0.25) is 14.4 Å². The zero-order valence-electron chi connectivity index (χ0n) is 11.4. The van der Waals surface area contributed by atoms with Crippen molar-refractivity contribution < 1.29 is 29.1 Å². The molecule has 0 aliphatic rings. The maximum absolute atomic E-state index is 12.2. The van der Waals surface area contributed by atoms with Crippen LogP contribution in [0.1, 0.15) is 47.5 Å². The van der Waals surface area contributed by atoms with Crippen molar-refractivity contribution in [2.75, 3.05) is 0 Å². The van der Waals surface area contributed by atoms with Crippen LogP contribution in [-0.4, -0.2) is 33.1 Å². The molecule has 110 valence electrons. The smallest absolute Gasteiger partial charge is 0.314 e. The van der Waals surface area contributed by atoms with Gasteiger partial charge in [0.15, 0.2) is 5.78 Å². The Kier molecular flexibility index (Phi) is 5.42. The highest BCUT2D eigenvalue weighted by Crippen LogP contribution is 2.21. The van der Waals surface area contributed by atoms with Gasteiger partial charge < -0.3 is 14.7 Å². The molecule has 7 nitrogen and oxygen atoms in total. The first kappa shape index (κ1) is 15.9. The Hall–Kier alpha value is -2.18. The highest BCUT2D eigenvalue weighted by Gasteiger charge is 2.30. The largest absolute Gasteiger partial charge is 0.481 e. The Balaban J connectivity index is 2.74. The Morgan fingerprint density at radius 2 is 1.85 bits per heavy atom. The van der Waals surface area contributed by atoms with E-state index in [1.54, 1.807) is 13.8 Å². The SMILES string of the molecule is Cc1noc(C)c1C(=O)C(CCCCC(=O)O)C(=O)O. The Morgan fingerprint density at radius 3 is 2.30 bits per heavy atom. The maximum Gasteiger partial charge on any atom is 0.314 e. The van der Waals surface area contributed by atoms with Crippen LogP contribution in [0.25, 0.3) is 0 Å². The zero-order chi connectivity index (χ0) is 15.3. The maximum atomic E-state index is 12.2. The van der Waals surface area contributed by atoms with Gasteiger partial charge in [-0.15, -0.1) is 0 Å². The average molecular weight is 283 g/mol. The first-order chi connectivity index (χ1) is 9.34. The van der Waals surface area contributed by atoms with E-state index in [0.717, 1.165) is 0 Å². The van der Waals surface area contributed by atoms with Gasteiger partial charge in [0.05, 0.1) is 11.3 Å². The molecule has 0 aliphatic heterocycles. The summed E-state index contributed by atoms with van der Waals surface area (Å²) in [5, 5.41) is 21.3. The van der Waals surface area contributed by atoms with Crippen LogP contribution in [0.5, 0.6) is 0 Å². The third-order valence-electron chi connectivity index (χ3n) is 3.03. The molecule has 0 aromatic carbocycles. The van der Waals surface area contributed by atoms with E-state index in [1.165, 1.54) is 0 Å². The monoisotopic (exact) mass is 283 g/mol. The lowest BCUT2D eigenvalue weighted by molar-refractivity contribution is -0.140. The number of carboxylic acid groups (broad SMARTS) is 2. The second-order valence-corrected chi connectivity index (χ2v) is 4.59. The molecule has 0 spiro atoms. The molecule has 1 aromatic rings. The van der Waals surface area contributed by atoms with Crippen LogP contribution < -0.4 is 0 Å². The van der Waals surface area contributed by atoms with Crippen molar-refractivity contribution in [2.45, 2.75) is 39.5 Å². The highest BCUT2D eigenvalue weighted by molar-refractivity contribution is 6.09. The van der Waals surface area contributed by atoms with E-state index in [4.69, 9.17) is 14.7 Å². The predicted octanol–water partition coefficient (Wildman–Crippen LogP) is 1.82. The van der Waals surface area contributed by atoms with Crippen molar-refractivity contribution in [1.82, 2.24) is 5.16 Å². The molecule has 1 unspecified atom stereocenters. The molecule has 1 rings (SSSR count). The molecule has 7 heteroatoms. The van der Waals surface area contributed by atoms with Crippen LogP contribution in [0.3, 0.4) is 0 Å². The van der Waals surface area contributed by atoms with Crippen molar-refractivity contribution in [3.63, 3.8) is 0 Å². The van der Waals surface area contributed by atoms with E-state index in [1.807, 2.05) is 0 Å². The number of hydrogen-bond acceptors (Lipinski definition) is 5. The number of carboxylic acids is 2. The van der Waals surface area contributed by atoms with Gasteiger partial charge in [0.2, 0.25) is 0 Å². The first-order valence-electron chi connectivity index (χ1n) is 6.26. The second kappa shape index (κ2) is 6.83. The summed E-state index contributed by atoms with van der Waals surface area (Å²) in [7, 11) is 0. The van der Waals surface area contributed by atoms with E-state index < -0.39 is 23.6 Å². The van der Waals surface area contributed by atoms with Gasteiger partial charge in [-0.1, -0.05) is 11.6 Å². The van der Waals surface area contributed by atoms with Crippen molar-refractivity contribution in [2.24, 2.45) is 5.92 Å². The van der Waals surface area contributed by atoms with E-state index in [2.05, 4.69) is 5.16 Å². The average Bonchev–Trinajstić information content (AvgIpc) is 2.67. The minimum atomic E-state index is -1.22. The van der Waals surface area contributed by atoms with E-state index in [0.29, 0.717) is 24.3 Å². The molecule has 0 bridgehead atoms. The Labute approximate surface area is 115 Å². The number of ketones is 1. The fourth-order valence-electron chi connectivity index (χ4n) is 2.00. The number of aromatic nitrogens is 1. The lowest BCUT2D eigenvalue weighted by atomic mass is 9.91. The molecular weight excluding hydrogens is 266 g/mol. The van der Waals surface area contributed by atoms with Crippen molar-refractivity contribution in [1.29, 1.82) is 0 Å². The quantitative estimate of drug-likeness (QED) is 0.424. The van der Waals surface area contributed by atoms with Crippen molar-refractivity contribution >= 4 is 17.7 Å². The van der Waals surface area contributed by atoms with Crippen molar-refractivity contribution in [3.05, 3.63) is 17.0 Å². The molecule has 0 fully saturated rings. The molecule has 1 aromatic heterocycles. The summed E-state index contributed by atoms with van der Waals surface area (Å²) in [6.07, 6.45) is 0.768. The van der Waals surface area contributed by atoms with Gasteiger partial charge in [0.1, 0.15) is 11.7 Å². The molecule has 1 atom stereocenters. The number of carbonyl (C=O) groups is 3. The van der Waals surface area contributed by atoms with Gasteiger partial charge in [-0.05, 0) is 26.7 Å². The summed E-state index contributed by atoms with van der Waals surface area (Å²) < 4.78 is 4.86. The molecule has 0 saturated carbocycles. The van der Waals surface area contributed by atoms with Crippen LogP contribution in [0, 0.1) is 19.8 Å². The molecule has 20 heavy (non-hydrogen) atoms. The van der Waals surface area contributed by atoms with Crippen LogP contribution >= 0.6 is 0 Å². The Bertz CT molecular complexity index is 499. The van der Waals surface area contributed by atoms with Gasteiger partial charge in [-0.2, -0.15) is 0 Å². The first-order valence-corrected chi connectivity index (χ1v) is 6.26. The number of unbranched alkanes of at least 4 members (excludes halogenated alkanes) is 1. The summed E-state index contributed by atoms with van der Waals surface area (Å²) in [5.41, 5.74) is 0.569. The molecule has 1 heterocycles. The number of hydrogen-bond donors (Lipinski definition) is 2. The summed E-state index contributed by atoms with van der Waals surface area (Å²) in [4.78, 5) is 33.8. The van der Waals surface area contributed by atoms with Crippen LogP contribution in [0.2, 0.25) is 0 Å². The minimum Gasteiger partial charge on any atom is -0.481 e. The summed E-state index contributed by atoms with van der Waals surface area (Å²) in [5.74, 6) is -3.59. The number of Topliss-reactive ketones (excluding diaryl/α,β-unsaturated/α-hetero) is 1. The summed E-state index contributed by atoms with van der Waals surface area (Å²) in [6.45, 7) is 3.13. The van der Waals surface area contributed by atoms with Crippen LogP contribution in [0.4, 0.5) is 0 Å². The third kappa shape index (κ3) is 3.91. The van der Waals surface area contributed by atoms with Crippen LogP contribution in [0.15, 0.2) is 4.52 Å². The minimum absolute atomic E-state index is 0.0359. The third-order valence-corrected chi connectivity index (χ3v) is 3.03. The standard InChI is InChI=1S/C13H17NO6/c1-7-11(8(2)20-14-7)12(17)9(13(18)19)5-3-4-6-10(15)16/h9H,3-6H2,1-2H3,(H,15,16)(H,18,19). The summed E-state index contributed by atoms with van der Waals surface area (Å²) >= 11 is 0. The molecular formula is C13H17NO6. The van der Waals surface area contributed by atoms with Gasteiger partial charge in [0.25, 0.3) is 0 Å². The normalized spacial score (nSPS) is 12.1. The number of carbonyl (C=O) groups excluding carboxylic acids is 1. The number of aliphatic carboxylic acids is 2. The second-order valence-electron chi connectivity index (χ2n) is 4.59. The predicted molar refractivity (Wildman–Crippen MR) is 67.5 cm³/mol.